The van der Waals surface area contributed by atoms with Gasteiger partial charge in [0.1, 0.15) is 0 Å². The summed E-state index contributed by atoms with van der Waals surface area (Å²) in [7, 11) is 0. The zero-order valence-corrected chi connectivity index (χ0v) is 13.9. The smallest absolute Gasteiger partial charge is 0.253 e. The van der Waals surface area contributed by atoms with E-state index < -0.39 is 0 Å². The highest BCUT2D eigenvalue weighted by Gasteiger charge is 2.16. The summed E-state index contributed by atoms with van der Waals surface area (Å²) in [6, 6.07) is 9.89. The number of ketones is 1. The second-order valence-corrected chi connectivity index (χ2v) is 7.02. The molecule has 3 aromatic heterocycles. The zero-order valence-electron chi connectivity index (χ0n) is 12.3. The third-order valence-electron chi connectivity index (χ3n) is 3.53. The Bertz CT molecular complexity index is 988. The summed E-state index contributed by atoms with van der Waals surface area (Å²) in [5.74, 6) is 0.978. The lowest BCUT2D eigenvalue weighted by Gasteiger charge is -1.97. The predicted molar refractivity (Wildman–Crippen MR) is 92.4 cm³/mol. The second kappa shape index (κ2) is 5.75. The van der Waals surface area contributed by atoms with Crippen molar-refractivity contribution in [2.24, 2.45) is 0 Å². The number of carbonyl (C=O) groups excluding carboxylic acids is 1. The number of aromatic nitrogens is 4. The first-order valence-electron chi connectivity index (χ1n) is 7.04. The fraction of sp³-hybridized carbons (Fsp3) is 0.125. The minimum atomic E-state index is 0.112. The summed E-state index contributed by atoms with van der Waals surface area (Å²) in [5.41, 5.74) is 1.06. The van der Waals surface area contributed by atoms with Crippen LogP contribution in [0.15, 0.2) is 47.9 Å². The van der Waals surface area contributed by atoms with Gasteiger partial charge in [0.05, 0.1) is 10.6 Å². The maximum atomic E-state index is 12.5. The lowest BCUT2D eigenvalue weighted by molar-refractivity contribution is 0.102. The third kappa shape index (κ3) is 2.62. The molecule has 0 saturated carbocycles. The summed E-state index contributed by atoms with van der Waals surface area (Å²) in [4.78, 5) is 21.8. The van der Waals surface area contributed by atoms with Gasteiger partial charge in [0.2, 0.25) is 5.16 Å². The van der Waals surface area contributed by atoms with Crippen LogP contribution in [0.3, 0.4) is 0 Å². The molecule has 0 unspecified atom stereocenters. The van der Waals surface area contributed by atoms with Gasteiger partial charge in [0, 0.05) is 17.1 Å². The van der Waals surface area contributed by atoms with E-state index in [1.165, 1.54) is 11.8 Å². The number of aryl methyl sites for hydroxylation is 1. The van der Waals surface area contributed by atoms with Crippen molar-refractivity contribution in [3.05, 3.63) is 53.2 Å². The van der Waals surface area contributed by atoms with Crippen molar-refractivity contribution in [3.63, 3.8) is 0 Å². The summed E-state index contributed by atoms with van der Waals surface area (Å²) < 4.78 is 2.76. The summed E-state index contributed by atoms with van der Waals surface area (Å²) in [6.07, 6.45) is 3.46. The molecule has 0 bridgehead atoms. The molecule has 0 fully saturated rings. The first kappa shape index (κ1) is 14.3. The predicted octanol–water partition coefficient (Wildman–Crippen LogP) is 3.62. The number of Topliss-reactive ketones (excluding diaryl/α,β-unsaturated/α-hetero) is 1. The van der Waals surface area contributed by atoms with Crippen LogP contribution >= 0.6 is 23.1 Å². The van der Waals surface area contributed by atoms with Gasteiger partial charge < -0.3 is 0 Å². The van der Waals surface area contributed by atoms with E-state index in [1.807, 2.05) is 25.1 Å². The van der Waals surface area contributed by atoms with Crippen LogP contribution in [0.2, 0.25) is 0 Å². The number of carbonyl (C=O) groups is 1. The van der Waals surface area contributed by atoms with Gasteiger partial charge >= 0.3 is 0 Å². The first-order valence-corrected chi connectivity index (χ1v) is 8.84. The number of thiophene rings is 1. The van der Waals surface area contributed by atoms with Crippen LogP contribution in [-0.2, 0) is 0 Å². The number of benzene rings is 1. The molecule has 0 radical (unpaired) electrons. The molecule has 0 aliphatic heterocycles. The van der Waals surface area contributed by atoms with Gasteiger partial charge in [-0.25, -0.2) is 9.50 Å². The Balaban J connectivity index is 1.56. The van der Waals surface area contributed by atoms with Crippen molar-refractivity contribution in [2.75, 3.05) is 5.75 Å². The molecule has 0 aliphatic carbocycles. The van der Waals surface area contributed by atoms with Crippen molar-refractivity contribution in [1.82, 2.24) is 19.6 Å². The molecule has 0 saturated heterocycles. The average Bonchev–Trinajstić information content (AvgIpc) is 3.14. The van der Waals surface area contributed by atoms with Gasteiger partial charge in [-0.2, -0.15) is 4.98 Å². The molecule has 114 valence electrons. The van der Waals surface area contributed by atoms with E-state index >= 15 is 0 Å². The summed E-state index contributed by atoms with van der Waals surface area (Å²) in [5, 5.41) is 6.02. The van der Waals surface area contributed by atoms with Gasteiger partial charge in [-0.1, -0.05) is 30.0 Å². The van der Waals surface area contributed by atoms with Crippen molar-refractivity contribution >= 4 is 44.7 Å². The van der Waals surface area contributed by atoms with E-state index in [-0.39, 0.29) is 5.78 Å². The molecule has 0 atom stereocenters. The van der Waals surface area contributed by atoms with Gasteiger partial charge in [-0.15, -0.1) is 16.4 Å². The fourth-order valence-electron chi connectivity index (χ4n) is 2.41. The van der Waals surface area contributed by atoms with Gasteiger partial charge in [-0.3, -0.25) is 4.79 Å². The highest BCUT2D eigenvalue weighted by Crippen LogP contribution is 2.31. The van der Waals surface area contributed by atoms with Crippen molar-refractivity contribution < 1.29 is 4.79 Å². The highest BCUT2D eigenvalue weighted by molar-refractivity contribution is 7.99. The van der Waals surface area contributed by atoms with Crippen LogP contribution < -0.4 is 0 Å². The van der Waals surface area contributed by atoms with E-state index in [2.05, 4.69) is 21.1 Å². The standard InChI is InChI=1S/C16H12N4OS2/c1-10-11-5-2-3-6-13(11)23-14(10)12(21)9-22-16-18-15-17-7-4-8-20(15)19-16/h2-8H,9H2,1H3. The van der Waals surface area contributed by atoms with Crippen molar-refractivity contribution in [2.45, 2.75) is 12.1 Å². The molecule has 4 aromatic rings. The minimum absolute atomic E-state index is 0.112. The van der Waals surface area contributed by atoms with E-state index in [4.69, 9.17) is 0 Å². The normalized spacial score (nSPS) is 11.3. The lowest BCUT2D eigenvalue weighted by atomic mass is 10.1. The van der Waals surface area contributed by atoms with Crippen LogP contribution in [-0.4, -0.2) is 31.1 Å². The molecular formula is C16H12N4OS2. The molecule has 4 rings (SSSR count). The Kier molecular flexibility index (Phi) is 3.59. The van der Waals surface area contributed by atoms with Crippen LogP contribution in [0.4, 0.5) is 0 Å². The number of thioether (sulfide) groups is 1. The zero-order chi connectivity index (χ0) is 15.8. The molecule has 0 N–H and O–H groups in total. The van der Waals surface area contributed by atoms with E-state index in [9.17, 15) is 4.79 Å². The van der Waals surface area contributed by atoms with Crippen LogP contribution in [0.25, 0.3) is 15.9 Å². The number of hydrogen-bond donors (Lipinski definition) is 0. The lowest BCUT2D eigenvalue weighted by Crippen LogP contribution is -2.01. The summed E-state index contributed by atoms with van der Waals surface area (Å²) in [6.45, 7) is 2.00. The third-order valence-corrected chi connectivity index (χ3v) is 5.68. The molecule has 5 nitrogen and oxygen atoms in total. The number of fused-ring (bicyclic) bond motifs is 2. The topological polar surface area (TPSA) is 60.2 Å². The number of nitrogens with zero attached hydrogens (tertiary/aromatic N) is 4. The average molecular weight is 340 g/mol. The Morgan fingerprint density at radius 3 is 3.00 bits per heavy atom. The molecule has 7 heteroatoms. The van der Waals surface area contributed by atoms with Crippen molar-refractivity contribution in [3.8, 4) is 0 Å². The van der Waals surface area contributed by atoms with E-state index in [0.717, 1.165) is 20.5 Å². The van der Waals surface area contributed by atoms with E-state index in [0.29, 0.717) is 16.7 Å². The van der Waals surface area contributed by atoms with Crippen LogP contribution in [0.1, 0.15) is 15.2 Å². The molecule has 0 amide bonds. The molecular weight excluding hydrogens is 328 g/mol. The highest BCUT2D eigenvalue weighted by atomic mass is 32.2. The molecule has 0 spiro atoms. The minimum Gasteiger partial charge on any atom is -0.292 e. The van der Waals surface area contributed by atoms with Crippen LogP contribution in [0.5, 0.6) is 0 Å². The SMILES string of the molecule is Cc1c(C(=O)CSc2nc3ncccn3n2)sc2ccccc12. The molecule has 0 aliphatic rings. The van der Waals surface area contributed by atoms with Gasteiger partial charge in [-0.05, 0) is 30.0 Å². The van der Waals surface area contributed by atoms with Crippen LogP contribution in [0, 0.1) is 6.92 Å². The Hall–Kier alpha value is -2.25. The molecule has 23 heavy (non-hydrogen) atoms. The van der Waals surface area contributed by atoms with Crippen molar-refractivity contribution in [1.29, 1.82) is 0 Å². The summed E-state index contributed by atoms with van der Waals surface area (Å²) >= 11 is 2.89. The molecule has 1 aromatic carbocycles. The Morgan fingerprint density at radius 2 is 2.17 bits per heavy atom. The fourth-order valence-corrected chi connectivity index (χ4v) is 4.35. The van der Waals surface area contributed by atoms with Gasteiger partial charge in [0.25, 0.3) is 5.78 Å². The number of hydrogen-bond acceptors (Lipinski definition) is 6. The maximum Gasteiger partial charge on any atom is 0.253 e. The first-order chi connectivity index (χ1) is 11.2. The Morgan fingerprint density at radius 1 is 1.30 bits per heavy atom. The van der Waals surface area contributed by atoms with Gasteiger partial charge in [0.15, 0.2) is 5.78 Å². The second-order valence-electron chi connectivity index (χ2n) is 5.02. The largest absolute Gasteiger partial charge is 0.292 e. The maximum absolute atomic E-state index is 12.5. The quantitative estimate of drug-likeness (QED) is 0.419. The number of rotatable bonds is 4. The monoisotopic (exact) mass is 340 g/mol. The molecule has 3 heterocycles. The Labute approximate surface area is 140 Å². The van der Waals surface area contributed by atoms with E-state index in [1.54, 1.807) is 34.3 Å².